The Bertz CT molecular complexity index is 667. The Labute approximate surface area is 132 Å². The molecule has 0 aliphatic carbocycles. The normalized spacial score (nSPS) is 21.6. The molecule has 1 fully saturated rings. The third kappa shape index (κ3) is 2.31. The molecule has 22 heavy (non-hydrogen) atoms. The molecule has 1 saturated heterocycles. The highest BCUT2D eigenvalue weighted by Gasteiger charge is 2.35. The van der Waals surface area contributed by atoms with Gasteiger partial charge in [-0.25, -0.2) is 0 Å². The lowest BCUT2D eigenvalue weighted by Gasteiger charge is -2.23. The van der Waals surface area contributed by atoms with Gasteiger partial charge in [-0.15, -0.1) is 10.2 Å². The molecule has 2 aliphatic heterocycles. The first-order valence-corrected chi connectivity index (χ1v) is 8.58. The maximum atomic E-state index is 12.6. The highest BCUT2D eigenvalue weighted by atomic mass is 32.1. The van der Waals surface area contributed by atoms with Crippen LogP contribution >= 0.6 is 11.7 Å². The molecule has 0 bridgehead atoms. The van der Waals surface area contributed by atoms with Crippen molar-refractivity contribution in [1.29, 1.82) is 0 Å². The van der Waals surface area contributed by atoms with Crippen molar-refractivity contribution < 1.29 is 4.79 Å². The molecule has 0 spiro atoms. The number of amides is 1. The van der Waals surface area contributed by atoms with E-state index < -0.39 is 0 Å². The van der Waals surface area contributed by atoms with Gasteiger partial charge in [-0.3, -0.25) is 4.79 Å². The molecule has 2 aromatic heterocycles. The molecular formula is C14H18N6OS. The average molecular weight is 318 g/mol. The van der Waals surface area contributed by atoms with Crippen LogP contribution in [-0.4, -0.2) is 40.9 Å². The summed E-state index contributed by atoms with van der Waals surface area (Å²) >= 11 is 1.07. The number of carbonyl (C=O) groups is 1. The monoisotopic (exact) mass is 318 g/mol. The fourth-order valence-electron chi connectivity index (χ4n) is 3.44. The van der Waals surface area contributed by atoms with Crippen molar-refractivity contribution in [3.05, 3.63) is 23.5 Å². The summed E-state index contributed by atoms with van der Waals surface area (Å²) in [4.78, 5) is 14.5. The zero-order valence-electron chi connectivity index (χ0n) is 12.3. The van der Waals surface area contributed by atoms with E-state index in [2.05, 4.69) is 23.5 Å². The van der Waals surface area contributed by atoms with Crippen LogP contribution in [0.5, 0.6) is 0 Å². The first-order valence-electron chi connectivity index (χ1n) is 7.85. The van der Waals surface area contributed by atoms with Gasteiger partial charge in [-0.05, 0) is 25.7 Å². The van der Waals surface area contributed by atoms with E-state index in [0.29, 0.717) is 5.69 Å². The Balaban J connectivity index is 1.64. The number of nitrogens with zero attached hydrogens (tertiary/aromatic N) is 6. The molecular weight excluding hydrogens is 300 g/mol. The van der Waals surface area contributed by atoms with Crippen LogP contribution in [0.25, 0.3) is 0 Å². The number of fused-ring (bicyclic) bond motifs is 1. The molecule has 0 radical (unpaired) electrons. The van der Waals surface area contributed by atoms with Crippen molar-refractivity contribution in [3.8, 4) is 0 Å². The molecule has 4 heterocycles. The number of aromatic nitrogens is 5. The van der Waals surface area contributed by atoms with Crippen molar-refractivity contribution in [1.82, 2.24) is 28.4 Å². The molecule has 1 atom stereocenters. The predicted octanol–water partition coefficient (Wildman–Crippen LogP) is 1.83. The van der Waals surface area contributed by atoms with E-state index in [9.17, 15) is 4.79 Å². The molecule has 7 nitrogen and oxygen atoms in total. The summed E-state index contributed by atoms with van der Waals surface area (Å²) in [6.45, 7) is 1.72. The van der Waals surface area contributed by atoms with Crippen LogP contribution in [0.1, 0.15) is 60.3 Å². The first kappa shape index (κ1) is 13.8. The van der Waals surface area contributed by atoms with Gasteiger partial charge in [0.05, 0.1) is 24.0 Å². The van der Waals surface area contributed by atoms with Gasteiger partial charge in [0, 0.05) is 19.5 Å². The molecule has 8 heteroatoms. The van der Waals surface area contributed by atoms with Gasteiger partial charge >= 0.3 is 0 Å². The van der Waals surface area contributed by atoms with Gasteiger partial charge in [0.1, 0.15) is 5.82 Å². The summed E-state index contributed by atoms with van der Waals surface area (Å²) in [7, 11) is 0. The Morgan fingerprint density at radius 1 is 1.18 bits per heavy atom. The van der Waals surface area contributed by atoms with Crippen LogP contribution in [0.15, 0.2) is 6.20 Å². The largest absolute Gasteiger partial charge is 0.327 e. The van der Waals surface area contributed by atoms with E-state index in [-0.39, 0.29) is 11.9 Å². The van der Waals surface area contributed by atoms with E-state index >= 15 is 0 Å². The number of hydrogen-bond donors (Lipinski definition) is 0. The van der Waals surface area contributed by atoms with Gasteiger partial charge in [0.2, 0.25) is 0 Å². The van der Waals surface area contributed by atoms with Gasteiger partial charge in [0.25, 0.3) is 5.91 Å². The lowest BCUT2D eigenvalue weighted by atomic mass is 10.2. The maximum Gasteiger partial charge on any atom is 0.275 e. The van der Waals surface area contributed by atoms with Crippen LogP contribution in [0, 0.1) is 0 Å². The molecule has 0 unspecified atom stereocenters. The maximum absolute atomic E-state index is 12.6. The molecule has 2 aliphatic rings. The first-order chi connectivity index (χ1) is 10.8. The summed E-state index contributed by atoms with van der Waals surface area (Å²) in [5.74, 6) is 1.98. The fraction of sp³-hybridized carbons (Fsp3) is 0.643. The second kappa shape index (κ2) is 5.75. The summed E-state index contributed by atoms with van der Waals surface area (Å²) < 4.78 is 10.2. The lowest BCUT2D eigenvalue weighted by Crippen LogP contribution is -2.32. The average Bonchev–Trinajstić information content (AvgIpc) is 3.24. The highest BCUT2D eigenvalue weighted by Crippen LogP contribution is 2.33. The van der Waals surface area contributed by atoms with Crippen molar-refractivity contribution in [2.24, 2.45) is 0 Å². The number of hydrogen-bond acceptors (Lipinski definition) is 6. The van der Waals surface area contributed by atoms with Crippen LogP contribution in [0.2, 0.25) is 0 Å². The summed E-state index contributed by atoms with van der Waals surface area (Å²) in [5, 5.41) is 8.79. The van der Waals surface area contributed by atoms with Gasteiger partial charge < -0.3 is 9.47 Å². The van der Waals surface area contributed by atoms with E-state index in [1.165, 1.54) is 12.8 Å². The smallest absolute Gasteiger partial charge is 0.275 e. The number of rotatable bonds is 2. The van der Waals surface area contributed by atoms with E-state index in [1.54, 1.807) is 6.20 Å². The van der Waals surface area contributed by atoms with Gasteiger partial charge in [-0.2, -0.15) is 8.75 Å². The highest BCUT2D eigenvalue weighted by molar-refractivity contribution is 6.99. The van der Waals surface area contributed by atoms with Crippen molar-refractivity contribution in [2.75, 3.05) is 6.54 Å². The second-order valence-corrected chi connectivity index (χ2v) is 6.44. The Kier molecular flexibility index (Phi) is 3.61. The van der Waals surface area contributed by atoms with Gasteiger partial charge in [-0.1, -0.05) is 6.42 Å². The quantitative estimate of drug-likeness (QED) is 0.844. The van der Waals surface area contributed by atoms with E-state index in [1.807, 2.05) is 4.90 Å². The zero-order chi connectivity index (χ0) is 14.9. The SMILES string of the molecule is O=C(c1cnsn1)N1CCC[C@H]1c1nnc2n1CCCCC2. The third-order valence-corrected chi connectivity index (χ3v) is 5.01. The van der Waals surface area contributed by atoms with Crippen LogP contribution < -0.4 is 0 Å². The standard InChI is InChI=1S/C14H18N6OS/c21-14(10-9-15-22-18-10)19-8-4-5-11(19)13-17-16-12-6-2-1-3-7-20(12)13/h9,11H,1-8H2/t11-/m0/s1. The van der Waals surface area contributed by atoms with Crippen LogP contribution in [-0.2, 0) is 13.0 Å². The number of carbonyl (C=O) groups excluding carboxylic acids is 1. The Morgan fingerprint density at radius 2 is 2.14 bits per heavy atom. The van der Waals surface area contributed by atoms with Crippen LogP contribution in [0.4, 0.5) is 0 Å². The summed E-state index contributed by atoms with van der Waals surface area (Å²) in [6, 6.07) is 0.0218. The molecule has 1 amide bonds. The third-order valence-electron chi connectivity index (χ3n) is 4.53. The topological polar surface area (TPSA) is 76.8 Å². The Hall–Kier alpha value is -1.83. The van der Waals surface area contributed by atoms with Crippen molar-refractivity contribution in [2.45, 2.75) is 51.1 Å². The summed E-state index contributed by atoms with van der Waals surface area (Å²) in [6.07, 6.45) is 8.05. The number of aryl methyl sites for hydroxylation is 1. The molecule has 2 aromatic rings. The summed E-state index contributed by atoms with van der Waals surface area (Å²) in [5.41, 5.74) is 0.438. The minimum absolute atomic E-state index is 0.0218. The molecule has 0 aromatic carbocycles. The molecule has 0 N–H and O–H groups in total. The predicted molar refractivity (Wildman–Crippen MR) is 80.5 cm³/mol. The number of likely N-dealkylation sites (tertiary alicyclic amines) is 1. The minimum atomic E-state index is -0.0396. The van der Waals surface area contributed by atoms with E-state index in [4.69, 9.17) is 0 Å². The lowest BCUT2D eigenvalue weighted by molar-refractivity contribution is 0.0722. The minimum Gasteiger partial charge on any atom is -0.327 e. The Morgan fingerprint density at radius 3 is 3.00 bits per heavy atom. The van der Waals surface area contributed by atoms with Crippen LogP contribution in [0.3, 0.4) is 0 Å². The zero-order valence-corrected chi connectivity index (χ0v) is 13.1. The van der Waals surface area contributed by atoms with Crippen molar-refractivity contribution in [3.63, 3.8) is 0 Å². The van der Waals surface area contributed by atoms with Crippen molar-refractivity contribution >= 4 is 17.6 Å². The molecule has 0 saturated carbocycles. The van der Waals surface area contributed by atoms with Gasteiger partial charge in [0.15, 0.2) is 11.5 Å². The fourth-order valence-corrected chi connectivity index (χ4v) is 3.85. The second-order valence-electron chi connectivity index (χ2n) is 5.89. The van der Waals surface area contributed by atoms with E-state index in [0.717, 1.165) is 62.1 Å². The molecule has 4 rings (SSSR count). The molecule has 116 valence electrons.